The Morgan fingerprint density at radius 3 is 2.83 bits per heavy atom. The summed E-state index contributed by atoms with van der Waals surface area (Å²) in [6.45, 7) is 4.55. The minimum absolute atomic E-state index is 0.373. The van der Waals surface area contributed by atoms with Gasteiger partial charge in [0, 0.05) is 31.0 Å². The molecular weight excluding hydrogens is 228 g/mol. The van der Waals surface area contributed by atoms with Crippen molar-refractivity contribution in [2.24, 2.45) is 11.7 Å². The van der Waals surface area contributed by atoms with Gasteiger partial charge in [-0.3, -0.25) is 4.79 Å². The van der Waals surface area contributed by atoms with Gasteiger partial charge in [-0.2, -0.15) is 0 Å². The summed E-state index contributed by atoms with van der Waals surface area (Å²) < 4.78 is 5.34. The summed E-state index contributed by atoms with van der Waals surface area (Å²) in [5, 5.41) is 3.41. The lowest BCUT2D eigenvalue weighted by Crippen LogP contribution is -2.23. The van der Waals surface area contributed by atoms with Crippen molar-refractivity contribution in [2.45, 2.75) is 19.8 Å². The van der Waals surface area contributed by atoms with Crippen LogP contribution in [0.15, 0.2) is 18.2 Å². The molecule has 1 aliphatic heterocycles. The molecule has 0 aromatic heterocycles. The number of nitrogens with one attached hydrogen (secondary N) is 1. The number of hydrogen-bond acceptors (Lipinski definition) is 3. The molecule has 98 valence electrons. The maximum absolute atomic E-state index is 11.3. The Hall–Kier alpha value is -1.55. The smallest absolute Gasteiger partial charge is 0.249 e. The number of carbonyl (C=O) groups excluding carboxylic acids is 1. The quantitative estimate of drug-likeness (QED) is 0.855. The van der Waals surface area contributed by atoms with Gasteiger partial charge in [0.2, 0.25) is 5.91 Å². The number of nitrogens with two attached hydrogens (primary N) is 1. The van der Waals surface area contributed by atoms with Crippen LogP contribution in [0.2, 0.25) is 0 Å². The summed E-state index contributed by atoms with van der Waals surface area (Å²) in [7, 11) is 0. The van der Waals surface area contributed by atoms with Crippen LogP contribution in [0.3, 0.4) is 0 Å². The van der Waals surface area contributed by atoms with Gasteiger partial charge in [0.15, 0.2) is 0 Å². The molecular formula is C14H20N2O2. The molecule has 3 N–H and O–H groups in total. The number of amides is 1. The summed E-state index contributed by atoms with van der Waals surface area (Å²) >= 11 is 0. The van der Waals surface area contributed by atoms with Crippen molar-refractivity contribution in [1.82, 2.24) is 0 Å². The van der Waals surface area contributed by atoms with E-state index in [0.717, 1.165) is 43.9 Å². The van der Waals surface area contributed by atoms with Crippen LogP contribution >= 0.6 is 0 Å². The highest BCUT2D eigenvalue weighted by atomic mass is 16.5. The Morgan fingerprint density at radius 2 is 2.17 bits per heavy atom. The molecule has 2 rings (SSSR count). The molecule has 0 bridgehead atoms. The minimum Gasteiger partial charge on any atom is -0.385 e. The summed E-state index contributed by atoms with van der Waals surface area (Å²) in [6, 6.07) is 5.61. The van der Waals surface area contributed by atoms with Gasteiger partial charge in [-0.15, -0.1) is 0 Å². The second kappa shape index (κ2) is 5.87. The lowest BCUT2D eigenvalue weighted by Gasteiger charge is -2.23. The first-order valence-electron chi connectivity index (χ1n) is 6.39. The third kappa shape index (κ3) is 3.01. The van der Waals surface area contributed by atoms with Crippen molar-refractivity contribution in [1.29, 1.82) is 0 Å². The van der Waals surface area contributed by atoms with Crippen LogP contribution in [0.1, 0.15) is 28.8 Å². The fourth-order valence-corrected chi connectivity index (χ4v) is 2.30. The molecule has 4 heteroatoms. The van der Waals surface area contributed by atoms with Crippen LogP contribution in [0.25, 0.3) is 0 Å². The van der Waals surface area contributed by atoms with Crippen molar-refractivity contribution in [3.05, 3.63) is 29.3 Å². The van der Waals surface area contributed by atoms with Crippen molar-refractivity contribution in [3.8, 4) is 0 Å². The molecule has 1 amide bonds. The van der Waals surface area contributed by atoms with Crippen LogP contribution < -0.4 is 11.1 Å². The highest BCUT2D eigenvalue weighted by Crippen LogP contribution is 2.21. The molecule has 1 saturated heterocycles. The van der Waals surface area contributed by atoms with Crippen molar-refractivity contribution < 1.29 is 9.53 Å². The largest absolute Gasteiger partial charge is 0.385 e. The van der Waals surface area contributed by atoms with Crippen LogP contribution in [0, 0.1) is 12.8 Å². The number of rotatable bonds is 4. The molecule has 1 aromatic rings. The van der Waals surface area contributed by atoms with Gasteiger partial charge in [0.05, 0.1) is 0 Å². The van der Waals surface area contributed by atoms with Crippen molar-refractivity contribution in [2.75, 3.05) is 25.1 Å². The van der Waals surface area contributed by atoms with E-state index in [4.69, 9.17) is 10.5 Å². The van der Waals surface area contributed by atoms with Crippen LogP contribution in [0.5, 0.6) is 0 Å². The Balaban J connectivity index is 2.00. The lowest BCUT2D eigenvalue weighted by molar-refractivity contribution is 0.0699. The Labute approximate surface area is 108 Å². The zero-order valence-electron chi connectivity index (χ0n) is 10.7. The molecule has 1 fully saturated rings. The van der Waals surface area contributed by atoms with E-state index in [2.05, 4.69) is 5.32 Å². The maximum Gasteiger partial charge on any atom is 0.249 e. The molecule has 0 aliphatic carbocycles. The second-order valence-electron chi connectivity index (χ2n) is 4.78. The fraction of sp³-hybridized carbons (Fsp3) is 0.500. The summed E-state index contributed by atoms with van der Waals surface area (Å²) in [6.07, 6.45) is 2.20. The van der Waals surface area contributed by atoms with E-state index in [0.29, 0.717) is 11.5 Å². The molecule has 0 saturated carbocycles. The van der Waals surface area contributed by atoms with Gasteiger partial charge in [-0.25, -0.2) is 0 Å². The predicted octanol–water partition coefficient (Wildman–Crippen LogP) is 1.93. The monoisotopic (exact) mass is 248 g/mol. The van der Waals surface area contributed by atoms with Crippen molar-refractivity contribution in [3.63, 3.8) is 0 Å². The van der Waals surface area contributed by atoms with E-state index in [1.165, 1.54) is 0 Å². The first-order valence-corrected chi connectivity index (χ1v) is 6.39. The van der Waals surface area contributed by atoms with Crippen LogP contribution in [-0.2, 0) is 4.74 Å². The highest BCUT2D eigenvalue weighted by Gasteiger charge is 2.14. The van der Waals surface area contributed by atoms with Crippen LogP contribution in [0.4, 0.5) is 5.69 Å². The van der Waals surface area contributed by atoms with E-state index in [1.54, 1.807) is 6.07 Å². The maximum atomic E-state index is 11.3. The average molecular weight is 248 g/mol. The van der Waals surface area contributed by atoms with E-state index in [-0.39, 0.29) is 5.91 Å². The summed E-state index contributed by atoms with van der Waals surface area (Å²) in [4.78, 5) is 11.3. The predicted molar refractivity (Wildman–Crippen MR) is 71.7 cm³/mol. The Kier molecular flexibility index (Phi) is 4.20. The SMILES string of the molecule is Cc1c(NCC2CCOCC2)cccc1C(N)=O. The molecule has 1 aliphatic rings. The van der Waals surface area contributed by atoms with Crippen molar-refractivity contribution >= 4 is 11.6 Å². The highest BCUT2D eigenvalue weighted by molar-refractivity contribution is 5.95. The third-order valence-electron chi connectivity index (χ3n) is 3.52. The topological polar surface area (TPSA) is 64.3 Å². The standard InChI is InChI=1S/C14H20N2O2/c1-10-12(14(15)17)3-2-4-13(10)16-9-11-5-7-18-8-6-11/h2-4,11,16H,5-9H2,1H3,(H2,15,17). The second-order valence-corrected chi connectivity index (χ2v) is 4.78. The molecule has 18 heavy (non-hydrogen) atoms. The van der Waals surface area contributed by atoms with Gasteiger partial charge in [0.1, 0.15) is 0 Å². The minimum atomic E-state index is -0.373. The zero-order valence-corrected chi connectivity index (χ0v) is 10.7. The average Bonchev–Trinajstić information content (AvgIpc) is 2.38. The first kappa shape index (κ1) is 12.9. The Bertz CT molecular complexity index is 426. The molecule has 0 atom stereocenters. The van der Waals surface area contributed by atoms with Gasteiger partial charge in [-0.05, 0) is 43.4 Å². The third-order valence-corrected chi connectivity index (χ3v) is 3.52. The van der Waals surface area contributed by atoms with Crippen LogP contribution in [-0.4, -0.2) is 25.7 Å². The summed E-state index contributed by atoms with van der Waals surface area (Å²) in [5.74, 6) is 0.276. The first-order chi connectivity index (χ1) is 8.68. The molecule has 0 radical (unpaired) electrons. The molecule has 4 nitrogen and oxygen atoms in total. The number of carbonyl (C=O) groups is 1. The number of anilines is 1. The van der Waals surface area contributed by atoms with Gasteiger partial charge in [0.25, 0.3) is 0 Å². The van der Waals surface area contributed by atoms with Gasteiger partial charge < -0.3 is 15.8 Å². The van der Waals surface area contributed by atoms with E-state index >= 15 is 0 Å². The number of benzene rings is 1. The molecule has 0 unspecified atom stereocenters. The zero-order chi connectivity index (χ0) is 13.0. The molecule has 0 spiro atoms. The van der Waals surface area contributed by atoms with E-state index in [1.807, 2.05) is 19.1 Å². The van der Waals surface area contributed by atoms with E-state index in [9.17, 15) is 4.79 Å². The fourth-order valence-electron chi connectivity index (χ4n) is 2.30. The Morgan fingerprint density at radius 1 is 1.44 bits per heavy atom. The lowest BCUT2D eigenvalue weighted by atomic mass is 9.99. The number of ether oxygens (including phenoxy) is 1. The van der Waals surface area contributed by atoms with E-state index < -0.39 is 0 Å². The number of hydrogen-bond donors (Lipinski definition) is 2. The normalized spacial score (nSPS) is 16.5. The summed E-state index contributed by atoms with van der Waals surface area (Å²) in [5.41, 5.74) is 7.85. The van der Waals surface area contributed by atoms with Gasteiger partial charge in [-0.1, -0.05) is 6.07 Å². The van der Waals surface area contributed by atoms with Gasteiger partial charge >= 0.3 is 0 Å². The molecule has 1 aromatic carbocycles. The number of primary amides is 1. The molecule has 1 heterocycles.